The van der Waals surface area contributed by atoms with Gasteiger partial charge in [0.25, 0.3) is 0 Å². The van der Waals surface area contributed by atoms with Crippen molar-refractivity contribution in [1.82, 2.24) is 0 Å². The van der Waals surface area contributed by atoms with E-state index < -0.39 is 17.9 Å². The summed E-state index contributed by atoms with van der Waals surface area (Å²) in [6.45, 7) is 5.89. The first-order chi connectivity index (χ1) is 11.3. The molecule has 0 N–H and O–H groups in total. The monoisotopic (exact) mass is 338 g/mol. The maximum atomic E-state index is 11.8. The first-order valence-corrected chi connectivity index (χ1v) is 8.60. The average molecular weight is 338 g/mol. The number of ether oxygens (including phenoxy) is 4. The molecule has 24 heavy (non-hydrogen) atoms. The highest BCUT2D eigenvalue weighted by atomic mass is 16.8. The van der Waals surface area contributed by atoms with Crippen LogP contribution in [0, 0.1) is 11.3 Å². The molecule has 6 nitrogen and oxygen atoms in total. The molecule has 134 valence electrons. The first-order valence-electron chi connectivity index (χ1n) is 8.60. The molecule has 1 saturated carbocycles. The Bertz CT molecular complexity index is 570. The number of esters is 2. The second-order valence-electron chi connectivity index (χ2n) is 7.20. The summed E-state index contributed by atoms with van der Waals surface area (Å²) in [7, 11) is 1.36. The Balaban J connectivity index is 1.86. The van der Waals surface area contributed by atoms with Crippen LogP contribution in [-0.4, -0.2) is 43.7 Å². The van der Waals surface area contributed by atoms with Crippen molar-refractivity contribution in [3.8, 4) is 0 Å². The SMILES string of the molecule is COC(=O)C1COC2(CCC=C3[C@H](C)[C@@H](OC(C)=O)CC[C@@]32C)O1. The number of hydrogen-bond donors (Lipinski definition) is 0. The molecule has 3 aliphatic rings. The smallest absolute Gasteiger partial charge is 0.337 e. The lowest BCUT2D eigenvalue weighted by molar-refractivity contribution is -0.248. The second-order valence-corrected chi connectivity index (χ2v) is 7.20. The van der Waals surface area contributed by atoms with Gasteiger partial charge in [-0.1, -0.05) is 25.5 Å². The lowest BCUT2D eigenvalue weighted by atomic mass is 9.58. The molecular weight excluding hydrogens is 312 g/mol. The van der Waals surface area contributed by atoms with Gasteiger partial charge in [-0.3, -0.25) is 4.79 Å². The van der Waals surface area contributed by atoms with Crippen LogP contribution in [0.3, 0.4) is 0 Å². The topological polar surface area (TPSA) is 71.1 Å². The molecule has 2 fully saturated rings. The number of allylic oxidation sites excluding steroid dienone is 1. The fourth-order valence-electron chi connectivity index (χ4n) is 4.59. The molecular formula is C18H26O6. The van der Waals surface area contributed by atoms with Crippen LogP contribution in [0.4, 0.5) is 0 Å². The summed E-state index contributed by atoms with van der Waals surface area (Å²) in [6, 6.07) is 0. The van der Waals surface area contributed by atoms with Crippen molar-refractivity contribution in [2.24, 2.45) is 11.3 Å². The first kappa shape index (κ1) is 17.4. The molecule has 0 radical (unpaired) electrons. The summed E-state index contributed by atoms with van der Waals surface area (Å²) in [4.78, 5) is 23.2. The molecule has 1 heterocycles. The molecule has 0 aromatic carbocycles. The van der Waals surface area contributed by atoms with E-state index in [1.54, 1.807) is 0 Å². The van der Waals surface area contributed by atoms with Crippen LogP contribution in [0.1, 0.15) is 46.5 Å². The van der Waals surface area contributed by atoms with Gasteiger partial charge in [0.1, 0.15) is 6.10 Å². The molecule has 1 saturated heterocycles. The van der Waals surface area contributed by atoms with E-state index >= 15 is 0 Å². The van der Waals surface area contributed by atoms with Crippen molar-refractivity contribution in [2.75, 3.05) is 13.7 Å². The minimum Gasteiger partial charge on any atom is -0.467 e. The summed E-state index contributed by atoms with van der Waals surface area (Å²) in [6.07, 6.45) is 4.51. The van der Waals surface area contributed by atoms with Gasteiger partial charge in [0, 0.05) is 24.7 Å². The number of fused-ring (bicyclic) bond motifs is 2. The highest BCUT2D eigenvalue weighted by Crippen LogP contribution is 2.58. The van der Waals surface area contributed by atoms with Crippen LogP contribution in [-0.2, 0) is 28.5 Å². The molecule has 0 aromatic rings. The lowest BCUT2D eigenvalue weighted by Crippen LogP contribution is -2.55. The third-order valence-electron chi connectivity index (χ3n) is 5.87. The fourth-order valence-corrected chi connectivity index (χ4v) is 4.59. The molecule has 2 unspecified atom stereocenters. The summed E-state index contributed by atoms with van der Waals surface area (Å²) < 4.78 is 22.5. The Morgan fingerprint density at radius 1 is 1.33 bits per heavy atom. The predicted molar refractivity (Wildman–Crippen MR) is 84.9 cm³/mol. The highest BCUT2D eigenvalue weighted by molar-refractivity contribution is 5.75. The van der Waals surface area contributed by atoms with Crippen molar-refractivity contribution >= 4 is 11.9 Å². The molecule has 0 amide bonds. The van der Waals surface area contributed by atoms with Gasteiger partial charge in [0.2, 0.25) is 0 Å². The maximum Gasteiger partial charge on any atom is 0.337 e. The number of carbonyl (C=O) groups is 2. The van der Waals surface area contributed by atoms with Crippen molar-refractivity contribution in [3.63, 3.8) is 0 Å². The number of methoxy groups -OCH3 is 1. The normalized spacial score (nSPS) is 41.5. The summed E-state index contributed by atoms with van der Waals surface area (Å²) in [5.41, 5.74) is 0.876. The van der Waals surface area contributed by atoms with Crippen molar-refractivity contribution in [2.45, 2.75) is 64.4 Å². The van der Waals surface area contributed by atoms with Gasteiger partial charge in [0.15, 0.2) is 11.9 Å². The summed E-state index contributed by atoms with van der Waals surface area (Å²) in [5.74, 6) is -1.34. The van der Waals surface area contributed by atoms with Gasteiger partial charge >= 0.3 is 11.9 Å². The lowest BCUT2D eigenvalue weighted by Gasteiger charge is -2.54. The van der Waals surface area contributed by atoms with Gasteiger partial charge in [-0.05, 0) is 19.3 Å². The minimum atomic E-state index is -0.800. The van der Waals surface area contributed by atoms with E-state index in [1.165, 1.54) is 19.6 Å². The summed E-state index contributed by atoms with van der Waals surface area (Å²) >= 11 is 0. The van der Waals surface area contributed by atoms with Crippen LogP contribution in [0.15, 0.2) is 11.6 Å². The van der Waals surface area contributed by atoms with Crippen molar-refractivity contribution in [1.29, 1.82) is 0 Å². The van der Waals surface area contributed by atoms with Gasteiger partial charge in [-0.25, -0.2) is 4.79 Å². The molecule has 6 heteroatoms. The molecule has 1 spiro atoms. The minimum absolute atomic E-state index is 0.106. The van der Waals surface area contributed by atoms with E-state index in [0.29, 0.717) is 6.42 Å². The fraction of sp³-hybridized carbons (Fsp3) is 0.778. The Hall–Kier alpha value is -1.40. The standard InChI is InChI=1S/C18H26O6/c1-11-13-6-5-8-18(22-10-15(24-18)16(20)21-4)17(13,3)9-7-14(11)23-12(2)19/h6,11,14-15H,5,7-10H2,1-4H3/t11-,14-,15?,17-,18?/m0/s1. The van der Waals surface area contributed by atoms with Crippen molar-refractivity contribution < 1.29 is 28.5 Å². The molecule has 0 bridgehead atoms. The Morgan fingerprint density at radius 3 is 2.75 bits per heavy atom. The highest BCUT2D eigenvalue weighted by Gasteiger charge is 2.61. The average Bonchev–Trinajstić information content (AvgIpc) is 2.97. The van der Waals surface area contributed by atoms with Gasteiger partial charge in [0.05, 0.1) is 13.7 Å². The zero-order valence-corrected chi connectivity index (χ0v) is 14.8. The third kappa shape index (κ3) is 2.56. The number of hydrogen-bond acceptors (Lipinski definition) is 6. The van der Waals surface area contributed by atoms with Crippen LogP contribution < -0.4 is 0 Å². The zero-order valence-electron chi connectivity index (χ0n) is 14.8. The molecule has 5 atom stereocenters. The van der Waals surface area contributed by atoms with E-state index in [1.807, 2.05) is 0 Å². The molecule has 0 aromatic heterocycles. The Labute approximate surface area is 142 Å². The number of rotatable bonds is 2. The quantitative estimate of drug-likeness (QED) is 0.568. The molecule has 1 aliphatic heterocycles. The van der Waals surface area contributed by atoms with Gasteiger partial charge < -0.3 is 18.9 Å². The van der Waals surface area contributed by atoms with Crippen LogP contribution in [0.2, 0.25) is 0 Å². The molecule has 3 rings (SSSR count). The third-order valence-corrected chi connectivity index (χ3v) is 5.87. The van der Waals surface area contributed by atoms with E-state index in [-0.39, 0.29) is 30.0 Å². The van der Waals surface area contributed by atoms with E-state index in [9.17, 15) is 9.59 Å². The van der Waals surface area contributed by atoms with Crippen molar-refractivity contribution in [3.05, 3.63) is 11.6 Å². The van der Waals surface area contributed by atoms with Gasteiger partial charge in [-0.2, -0.15) is 0 Å². The predicted octanol–water partition coefficient (Wildman–Crippen LogP) is 2.36. The summed E-state index contributed by atoms with van der Waals surface area (Å²) in [5, 5.41) is 0. The molecule has 2 aliphatic carbocycles. The number of carbonyl (C=O) groups excluding carboxylic acids is 2. The zero-order chi connectivity index (χ0) is 17.5. The van der Waals surface area contributed by atoms with Crippen LogP contribution >= 0.6 is 0 Å². The van der Waals surface area contributed by atoms with E-state index in [2.05, 4.69) is 19.9 Å². The largest absolute Gasteiger partial charge is 0.467 e. The Morgan fingerprint density at radius 2 is 2.08 bits per heavy atom. The van der Waals surface area contributed by atoms with E-state index in [4.69, 9.17) is 18.9 Å². The maximum absolute atomic E-state index is 11.8. The van der Waals surface area contributed by atoms with Crippen LogP contribution in [0.25, 0.3) is 0 Å². The van der Waals surface area contributed by atoms with Gasteiger partial charge in [-0.15, -0.1) is 0 Å². The van der Waals surface area contributed by atoms with Crippen LogP contribution in [0.5, 0.6) is 0 Å². The second kappa shape index (κ2) is 6.15. The Kier molecular flexibility index (Phi) is 4.47. The van der Waals surface area contributed by atoms with E-state index in [0.717, 1.165) is 19.3 Å².